The number of alkyl halides is 3. The maximum absolute atomic E-state index is 14.0. The van der Waals surface area contributed by atoms with Crippen molar-refractivity contribution in [2.75, 3.05) is 36.1 Å². The Kier molecular flexibility index (Phi) is 9.74. The number of urea groups is 1. The highest BCUT2D eigenvalue weighted by molar-refractivity contribution is 5.99. The summed E-state index contributed by atoms with van der Waals surface area (Å²) in [5.41, 5.74) is 8.60. The van der Waals surface area contributed by atoms with Gasteiger partial charge >= 0.3 is 12.2 Å². The molecule has 0 bridgehead atoms. The van der Waals surface area contributed by atoms with Gasteiger partial charge < -0.3 is 26.0 Å². The number of halogens is 3. The van der Waals surface area contributed by atoms with E-state index >= 15 is 0 Å². The Labute approximate surface area is 277 Å². The number of aromatic nitrogens is 4. The predicted octanol–water partition coefficient (Wildman–Crippen LogP) is 6.41. The molecule has 1 saturated carbocycles. The summed E-state index contributed by atoms with van der Waals surface area (Å²) in [7, 11) is 3.73. The van der Waals surface area contributed by atoms with Crippen LogP contribution >= 0.6 is 0 Å². The number of anilines is 3. The summed E-state index contributed by atoms with van der Waals surface area (Å²) in [5, 5.41) is 13.9. The number of nitrogens with two attached hydrogens (primary N) is 1. The number of amides is 2. The van der Waals surface area contributed by atoms with Crippen LogP contribution in [-0.4, -0.2) is 69.0 Å². The molecule has 2 aromatic carbocycles. The Morgan fingerprint density at radius 2 is 1.77 bits per heavy atom. The zero-order valence-corrected chi connectivity index (χ0v) is 27.4. The van der Waals surface area contributed by atoms with Gasteiger partial charge in [0.2, 0.25) is 5.95 Å². The molecule has 48 heavy (non-hydrogen) atoms. The van der Waals surface area contributed by atoms with E-state index in [-0.39, 0.29) is 29.4 Å². The largest absolute Gasteiger partial charge is 0.490 e. The minimum Gasteiger partial charge on any atom is -0.490 e. The standard InChI is InChI=1S/C34H42F3N9O2/c1-4-20-15-21(16-22-19-39-32(43-31(20)22)40-24-7-5-23(38)6-8-24)28-18-30(44-46(28)3)42-33(47)41-25-9-10-29(27(17-25)34(35,36)37)48-26-11-13-45(2)14-12-26/h9-10,15-19,23-24,26H,4-8,11-14,38H2,1-3H3,(H,39,40,43)(H2,41,42,44,47)/t23-,24-. The van der Waals surface area contributed by atoms with Gasteiger partial charge in [-0.25, -0.2) is 14.8 Å². The third kappa shape index (κ3) is 7.81. The molecule has 0 atom stereocenters. The zero-order valence-electron chi connectivity index (χ0n) is 27.4. The summed E-state index contributed by atoms with van der Waals surface area (Å²) in [4.78, 5) is 24.4. The molecule has 0 spiro atoms. The molecule has 14 heteroatoms. The highest BCUT2D eigenvalue weighted by Crippen LogP contribution is 2.39. The molecule has 6 rings (SSSR count). The van der Waals surface area contributed by atoms with E-state index in [1.807, 2.05) is 25.4 Å². The van der Waals surface area contributed by atoms with Crippen LogP contribution in [0.25, 0.3) is 22.2 Å². The average molecular weight is 666 g/mol. The maximum atomic E-state index is 14.0. The van der Waals surface area contributed by atoms with Gasteiger partial charge in [-0.2, -0.15) is 18.3 Å². The van der Waals surface area contributed by atoms with Gasteiger partial charge in [0.1, 0.15) is 11.9 Å². The third-order valence-corrected chi connectivity index (χ3v) is 9.17. The predicted molar refractivity (Wildman–Crippen MR) is 180 cm³/mol. The number of rotatable bonds is 8. The number of carbonyl (C=O) groups is 1. The lowest BCUT2D eigenvalue weighted by Gasteiger charge is -2.30. The minimum atomic E-state index is -4.66. The van der Waals surface area contributed by atoms with Gasteiger partial charge in [-0.05, 0) is 87.9 Å². The first-order chi connectivity index (χ1) is 22.9. The molecule has 2 amide bonds. The second-order valence-electron chi connectivity index (χ2n) is 12.8. The molecule has 1 saturated heterocycles. The van der Waals surface area contributed by atoms with Gasteiger partial charge in [0, 0.05) is 61.1 Å². The smallest absolute Gasteiger partial charge is 0.420 e. The van der Waals surface area contributed by atoms with Crippen molar-refractivity contribution in [1.82, 2.24) is 24.6 Å². The first kappa shape index (κ1) is 33.5. The molecule has 11 nitrogen and oxygen atoms in total. The topological polar surface area (TPSA) is 135 Å². The number of aryl methyl sites for hydroxylation is 2. The molecule has 256 valence electrons. The van der Waals surface area contributed by atoms with Crippen LogP contribution in [-0.2, 0) is 19.6 Å². The lowest BCUT2D eigenvalue weighted by molar-refractivity contribution is -0.139. The first-order valence-electron chi connectivity index (χ1n) is 16.5. The van der Waals surface area contributed by atoms with E-state index in [9.17, 15) is 18.0 Å². The van der Waals surface area contributed by atoms with Crippen molar-refractivity contribution >= 4 is 34.4 Å². The van der Waals surface area contributed by atoms with Gasteiger partial charge in [-0.1, -0.05) is 6.92 Å². The van der Waals surface area contributed by atoms with E-state index in [0.717, 1.165) is 79.0 Å². The second-order valence-corrected chi connectivity index (χ2v) is 12.8. The molecule has 0 unspecified atom stereocenters. The number of hydrogen-bond acceptors (Lipinski definition) is 8. The van der Waals surface area contributed by atoms with Gasteiger partial charge in [-0.15, -0.1) is 0 Å². The summed E-state index contributed by atoms with van der Waals surface area (Å²) >= 11 is 0. The monoisotopic (exact) mass is 665 g/mol. The van der Waals surface area contributed by atoms with Crippen LogP contribution in [0, 0.1) is 0 Å². The minimum absolute atomic E-state index is 0.0188. The number of nitrogens with zero attached hydrogens (tertiary/aromatic N) is 5. The quantitative estimate of drug-likeness (QED) is 0.170. The van der Waals surface area contributed by atoms with Crippen molar-refractivity contribution < 1.29 is 22.7 Å². The van der Waals surface area contributed by atoms with Crippen LogP contribution in [0.4, 0.5) is 35.4 Å². The fourth-order valence-corrected chi connectivity index (χ4v) is 6.44. The van der Waals surface area contributed by atoms with E-state index < -0.39 is 17.8 Å². The van der Waals surface area contributed by atoms with Crippen molar-refractivity contribution in [3.8, 4) is 17.0 Å². The van der Waals surface area contributed by atoms with Gasteiger partial charge in [0.05, 0.1) is 16.8 Å². The van der Waals surface area contributed by atoms with Crippen LogP contribution in [0.1, 0.15) is 56.6 Å². The highest BCUT2D eigenvalue weighted by Gasteiger charge is 2.36. The molecular formula is C34H42F3N9O2. The summed E-state index contributed by atoms with van der Waals surface area (Å²) < 4.78 is 49.3. The van der Waals surface area contributed by atoms with E-state index in [0.29, 0.717) is 24.8 Å². The molecular weight excluding hydrogens is 623 g/mol. The number of hydrogen-bond donors (Lipinski definition) is 4. The maximum Gasteiger partial charge on any atom is 0.420 e. The summed E-state index contributed by atoms with van der Waals surface area (Å²) in [6.07, 6.45) is 2.83. The summed E-state index contributed by atoms with van der Waals surface area (Å²) in [6.45, 7) is 3.57. The van der Waals surface area contributed by atoms with Gasteiger partial charge in [-0.3, -0.25) is 10.00 Å². The lowest BCUT2D eigenvalue weighted by Crippen LogP contribution is -2.36. The number of ether oxygens (including phenoxy) is 1. The van der Waals surface area contributed by atoms with Gasteiger partial charge in [0.15, 0.2) is 5.82 Å². The summed E-state index contributed by atoms with van der Waals surface area (Å²) in [6, 6.07) is 9.14. The van der Waals surface area contributed by atoms with Crippen LogP contribution < -0.4 is 26.4 Å². The molecule has 1 aliphatic heterocycles. The number of fused-ring (bicyclic) bond motifs is 1. The van der Waals surface area contributed by atoms with Crippen molar-refractivity contribution in [3.05, 3.63) is 53.7 Å². The fourth-order valence-electron chi connectivity index (χ4n) is 6.44. The van der Waals surface area contributed by atoms with Crippen LogP contribution in [0.2, 0.25) is 0 Å². The van der Waals surface area contributed by atoms with E-state index in [1.54, 1.807) is 17.8 Å². The number of nitrogens with one attached hydrogen (secondary N) is 3. The Hall–Kier alpha value is -4.43. The average Bonchev–Trinajstić information content (AvgIpc) is 3.42. The van der Waals surface area contributed by atoms with E-state index in [2.05, 4.69) is 37.9 Å². The Balaban J connectivity index is 1.15. The number of piperidine rings is 1. The lowest BCUT2D eigenvalue weighted by atomic mass is 9.92. The Morgan fingerprint density at radius 1 is 1.02 bits per heavy atom. The van der Waals surface area contributed by atoms with Crippen molar-refractivity contribution in [2.45, 2.75) is 76.2 Å². The normalized spacial score (nSPS) is 19.3. The molecule has 0 radical (unpaired) electrons. The highest BCUT2D eigenvalue weighted by atomic mass is 19.4. The second kappa shape index (κ2) is 14.0. The number of carbonyl (C=O) groups excluding carboxylic acids is 1. The van der Waals surface area contributed by atoms with Crippen molar-refractivity contribution in [2.24, 2.45) is 12.8 Å². The third-order valence-electron chi connectivity index (χ3n) is 9.17. The SMILES string of the molecule is CCc1cc(-c2cc(NC(=O)Nc3ccc(OC4CCN(C)CC4)c(C(F)(F)F)c3)nn2C)cc2cnc(N[C@H]3CC[C@H](N)CC3)nc12. The number of likely N-dealkylation sites (tertiary alicyclic amines) is 1. The molecule has 2 fully saturated rings. The Bertz CT molecular complexity index is 1760. The van der Waals surface area contributed by atoms with Crippen molar-refractivity contribution in [3.63, 3.8) is 0 Å². The van der Waals surface area contributed by atoms with Crippen LogP contribution in [0.5, 0.6) is 5.75 Å². The molecule has 2 aromatic heterocycles. The summed E-state index contributed by atoms with van der Waals surface area (Å²) in [5.74, 6) is 0.598. The Morgan fingerprint density at radius 3 is 2.48 bits per heavy atom. The van der Waals surface area contributed by atoms with E-state index in [1.165, 1.54) is 12.1 Å². The van der Waals surface area contributed by atoms with E-state index in [4.69, 9.17) is 15.5 Å². The van der Waals surface area contributed by atoms with Crippen molar-refractivity contribution in [1.29, 1.82) is 0 Å². The van der Waals surface area contributed by atoms with Gasteiger partial charge in [0.25, 0.3) is 0 Å². The first-order valence-corrected chi connectivity index (χ1v) is 16.5. The molecule has 4 aromatic rings. The number of benzene rings is 2. The zero-order chi connectivity index (χ0) is 34.0. The fraction of sp³-hybridized carbons (Fsp3) is 0.471. The molecule has 3 heterocycles. The van der Waals surface area contributed by atoms with Crippen LogP contribution in [0.15, 0.2) is 42.6 Å². The molecule has 1 aliphatic carbocycles. The van der Waals surface area contributed by atoms with Crippen LogP contribution in [0.3, 0.4) is 0 Å². The molecule has 2 aliphatic rings. The molecule has 5 N–H and O–H groups in total.